The maximum atomic E-state index is 13.1. The molecule has 0 bridgehead atoms. The number of carbonyl (C=O) groups excluding carboxylic acids is 2. The quantitative estimate of drug-likeness (QED) is 0.183. The Morgan fingerprint density at radius 2 is 1.89 bits per heavy atom. The van der Waals surface area contributed by atoms with Crippen LogP contribution >= 0.6 is 22.9 Å². The van der Waals surface area contributed by atoms with Crippen molar-refractivity contribution in [3.63, 3.8) is 0 Å². The van der Waals surface area contributed by atoms with Crippen LogP contribution in [0.3, 0.4) is 0 Å². The van der Waals surface area contributed by atoms with Gasteiger partial charge in [0.05, 0.1) is 19.3 Å². The van der Waals surface area contributed by atoms with E-state index in [9.17, 15) is 14.9 Å². The smallest absolute Gasteiger partial charge is 0.341 e. The number of nitriles is 1. The molecule has 0 radical (unpaired) electrons. The monoisotopic (exact) mass is 550 g/mol. The van der Waals surface area contributed by atoms with Gasteiger partial charge in [-0.1, -0.05) is 29.8 Å². The topological polar surface area (TPSA) is 97.7 Å². The van der Waals surface area contributed by atoms with E-state index < -0.39 is 11.9 Å². The lowest BCUT2D eigenvalue weighted by Gasteiger charge is -2.12. The Bertz CT molecular complexity index is 1410. The molecule has 0 saturated heterocycles. The minimum atomic E-state index is -0.598. The van der Waals surface area contributed by atoms with Crippen LogP contribution in [0.5, 0.6) is 11.5 Å². The number of fused-ring (bicyclic) bond motifs is 1. The van der Waals surface area contributed by atoms with E-state index in [1.165, 1.54) is 24.5 Å². The van der Waals surface area contributed by atoms with Crippen molar-refractivity contribution in [2.45, 2.75) is 39.2 Å². The van der Waals surface area contributed by atoms with Crippen LogP contribution in [0.4, 0.5) is 5.00 Å². The van der Waals surface area contributed by atoms with Crippen LogP contribution in [0.15, 0.2) is 48.0 Å². The number of methoxy groups -OCH3 is 1. The number of rotatable bonds is 9. The second-order valence-corrected chi connectivity index (χ2v) is 10.1. The zero-order chi connectivity index (χ0) is 27.1. The van der Waals surface area contributed by atoms with Gasteiger partial charge in [0, 0.05) is 9.90 Å². The highest BCUT2D eigenvalue weighted by Gasteiger charge is 2.27. The molecule has 1 aliphatic rings. The Morgan fingerprint density at radius 3 is 2.61 bits per heavy atom. The second kappa shape index (κ2) is 12.6. The second-order valence-electron chi connectivity index (χ2n) is 8.58. The lowest BCUT2D eigenvalue weighted by molar-refractivity contribution is -0.112. The van der Waals surface area contributed by atoms with Gasteiger partial charge in [0.1, 0.15) is 23.3 Å². The number of amides is 1. The molecule has 38 heavy (non-hydrogen) atoms. The van der Waals surface area contributed by atoms with Gasteiger partial charge in [0.2, 0.25) is 0 Å². The van der Waals surface area contributed by atoms with Crippen molar-refractivity contribution in [2.75, 3.05) is 19.0 Å². The summed E-state index contributed by atoms with van der Waals surface area (Å²) in [4.78, 5) is 26.9. The maximum Gasteiger partial charge on any atom is 0.341 e. The third-order valence-electron chi connectivity index (χ3n) is 6.05. The summed E-state index contributed by atoms with van der Waals surface area (Å²) in [6.45, 7) is 2.30. The van der Waals surface area contributed by atoms with Crippen LogP contribution in [0.1, 0.15) is 51.7 Å². The molecule has 0 unspecified atom stereocenters. The molecule has 1 aliphatic carbocycles. The molecule has 1 aromatic heterocycles. The van der Waals surface area contributed by atoms with Gasteiger partial charge in [-0.05, 0) is 79.6 Å². The summed E-state index contributed by atoms with van der Waals surface area (Å²) >= 11 is 7.31. The van der Waals surface area contributed by atoms with Crippen molar-refractivity contribution in [2.24, 2.45) is 0 Å². The molecule has 9 heteroatoms. The first-order chi connectivity index (χ1) is 18.4. The highest BCUT2D eigenvalue weighted by Crippen LogP contribution is 2.39. The molecule has 0 fully saturated rings. The number of nitrogens with zero attached hydrogens (tertiary/aromatic N) is 1. The fourth-order valence-corrected chi connectivity index (χ4v) is 5.59. The van der Waals surface area contributed by atoms with Crippen molar-refractivity contribution in [1.29, 1.82) is 5.26 Å². The first-order valence-corrected chi connectivity index (χ1v) is 13.4. The van der Waals surface area contributed by atoms with E-state index >= 15 is 0 Å². The third-order valence-corrected chi connectivity index (χ3v) is 7.51. The van der Waals surface area contributed by atoms with E-state index in [1.807, 2.05) is 18.2 Å². The number of aryl methyl sites for hydroxylation is 1. The number of anilines is 1. The molecule has 0 spiro atoms. The van der Waals surface area contributed by atoms with Crippen LogP contribution in [0.25, 0.3) is 6.08 Å². The molecule has 3 aromatic rings. The third kappa shape index (κ3) is 6.36. The SMILES string of the molecule is CCOC(=O)c1c(NC(=O)/C(C#N)=C/c2ccc(OCc3ccc(Cl)cc3)c(OC)c2)sc2c1CCCC2. The zero-order valence-corrected chi connectivity index (χ0v) is 22.7. The maximum absolute atomic E-state index is 13.1. The normalized spacial score (nSPS) is 12.7. The summed E-state index contributed by atoms with van der Waals surface area (Å²) in [6, 6.07) is 14.4. The van der Waals surface area contributed by atoms with Crippen molar-refractivity contribution >= 4 is 45.9 Å². The summed E-state index contributed by atoms with van der Waals surface area (Å²) in [7, 11) is 1.52. The number of ether oxygens (including phenoxy) is 3. The molecule has 1 heterocycles. The molecule has 1 amide bonds. The molecule has 4 rings (SSSR count). The molecule has 0 atom stereocenters. The Labute approximate surface area is 230 Å². The summed E-state index contributed by atoms with van der Waals surface area (Å²) in [5, 5.41) is 13.6. The van der Waals surface area contributed by atoms with Gasteiger partial charge in [0.15, 0.2) is 11.5 Å². The van der Waals surface area contributed by atoms with E-state index in [-0.39, 0.29) is 12.2 Å². The number of carbonyl (C=O) groups is 2. The van der Waals surface area contributed by atoms with E-state index in [2.05, 4.69) is 5.32 Å². The minimum Gasteiger partial charge on any atom is -0.493 e. The van der Waals surface area contributed by atoms with Crippen LogP contribution in [-0.4, -0.2) is 25.6 Å². The average Bonchev–Trinajstić information content (AvgIpc) is 3.29. The predicted molar refractivity (Wildman–Crippen MR) is 148 cm³/mol. The van der Waals surface area contributed by atoms with Gasteiger partial charge in [0.25, 0.3) is 5.91 Å². The molecule has 1 N–H and O–H groups in total. The summed E-state index contributed by atoms with van der Waals surface area (Å²) in [5.74, 6) is -0.0750. The number of halogens is 1. The number of benzene rings is 2. The molecule has 2 aromatic carbocycles. The van der Waals surface area contributed by atoms with Crippen LogP contribution in [-0.2, 0) is 29.0 Å². The first kappa shape index (κ1) is 27.2. The van der Waals surface area contributed by atoms with Crippen molar-refractivity contribution in [3.8, 4) is 17.6 Å². The highest BCUT2D eigenvalue weighted by molar-refractivity contribution is 7.17. The number of hydrogen-bond donors (Lipinski definition) is 1. The summed E-state index contributed by atoms with van der Waals surface area (Å²) in [5.41, 5.74) is 2.77. The Hall–Kier alpha value is -3.80. The van der Waals surface area contributed by atoms with Crippen LogP contribution < -0.4 is 14.8 Å². The van der Waals surface area contributed by atoms with Gasteiger partial charge < -0.3 is 19.5 Å². The molecular formula is C29H27ClN2O5S. The zero-order valence-electron chi connectivity index (χ0n) is 21.1. The van der Waals surface area contributed by atoms with Crippen LogP contribution in [0.2, 0.25) is 5.02 Å². The lowest BCUT2D eigenvalue weighted by Crippen LogP contribution is -2.16. The van der Waals surface area contributed by atoms with Gasteiger partial charge >= 0.3 is 5.97 Å². The fraction of sp³-hybridized carbons (Fsp3) is 0.276. The van der Waals surface area contributed by atoms with Gasteiger partial charge in [-0.15, -0.1) is 11.3 Å². The van der Waals surface area contributed by atoms with Crippen molar-refractivity contribution in [1.82, 2.24) is 0 Å². The molecule has 7 nitrogen and oxygen atoms in total. The van der Waals surface area contributed by atoms with Crippen molar-refractivity contribution in [3.05, 3.63) is 80.2 Å². The molecule has 0 aliphatic heterocycles. The largest absolute Gasteiger partial charge is 0.493 e. The number of hydrogen-bond acceptors (Lipinski definition) is 7. The van der Waals surface area contributed by atoms with Gasteiger partial charge in [-0.3, -0.25) is 4.79 Å². The van der Waals surface area contributed by atoms with E-state index in [4.69, 9.17) is 25.8 Å². The molecule has 196 valence electrons. The fourth-order valence-electron chi connectivity index (χ4n) is 4.19. The Balaban J connectivity index is 1.53. The standard InChI is InChI=1S/C29H27ClN2O5S/c1-3-36-29(34)26-22-6-4-5-7-25(22)38-28(26)32-27(33)20(16-31)14-19-10-13-23(24(15-19)35-2)37-17-18-8-11-21(30)12-9-18/h8-15H,3-7,17H2,1-2H3,(H,32,33)/b20-14+. The van der Waals surface area contributed by atoms with Gasteiger partial charge in [-0.25, -0.2) is 4.79 Å². The summed E-state index contributed by atoms with van der Waals surface area (Å²) < 4.78 is 16.6. The van der Waals surface area contributed by atoms with E-state index in [1.54, 1.807) is 37.3 Å². The first-order valence-electron chi connectivity index (χ1n) is 12.2. The van der Waals surface area contributed by atoms with Crippen LogP contribution in [0, 0.1) is 11.3 Å². The molecular weight excluding hydrogens is 524 g/mol. The van der Waals surface area contributed by atoms with Gasteiger partial charge in [-0.2, -0.15) is 5.26 Å². The van der Waals surface area contributed by atoms with Crippen molar-refractivity contribution < 1.29 is 23.8 Å². The lowest BCUT2D eigenvalue weighted by atomic mass is 9.95. The number of esters is 1. The number of nitrogens with one attached hydrogen (secondary N) is 1. The Kier molecular flexibility index (Phi) is 9.06. The Morgan fingerprint density at radius 1 is 1.13 bits per heavy atom. The minimum absolute atomic E-state index is 0.108. The highest BCUT2D eigenvalue weighted by atomic mass is 35.5. The number of thiophene rings is 1. The average molecular weight is 551 g/mol. The van der Waals surface area contributed by atoms with E-state index in [0.717, 1.165) is 41.7 Å². The van der Waals surface area contributed by atoms with E-state index in [0.29, 0.717) is 39.3 Å². The molecule has 0 saturated carbocycles. The predicted octanol–water partition coefficient (Wildman–Crippen LogP) is 6.59. The summed E-state index contributed by atoms with van der Waals surface area (Å²) in [6.07, 6.45) is 5.11.